The zero-order chi connectivity index (χ0) is 13.1. The van der Waals surface area contributed by atoms with Crippen molar-refractivity contribution in [3.8, 4) is 5.75 Å². The van der Waals surface area contributed by atoms with Crippen molar-refractivity contribution in [1.82, 2.24) is 5.32 Å². The SMILES string of the molecule is Cc1ccc(NC2CCNC2=O)cc1OC(F)F. The topological polar surface area (TPSA) is 50.4 Å². The summed E-state index contributed by atoms with van der Waals surface area (Å²) in [5.41, 5.74) is 1.22. The fourth-order valence-electron chi connectivity index (χ4n) is 1.85. The second-order valence-electron chi connectivity index (χ2n) is 4.14. The molecule has 0 saturated carbocycles. The predicted molar refractivity (Wildman–Crippen MR) is 62.8 cm³/mol. The molecule has 0 aliphatic carbocycles. The van der Waals surface area contributed by atoms with E-state index in [1.165, 1.54) is 6.07 Å². The first-order valence-corrected chi connectivity index (χ1v) is 5.66. The minimum atomic E-state index is -2.85. The van der Waals surface area contributed by atoms with Gasteiger partial charge >= 0.3 is 6.61 Å². The number of rotatable bonds is 4. The van der Waals surface area contributed by atoms with Gasteiger partial charge in [0.1, 0.15) is 11.8 Å². The van der Waals surface area contributed by atoms with Gasteiger partial charge in [0.2, 0.25) is 5.91 Å². The molecule has 1 aliphatic rings. The first-order valence-electron chi connectivity index (χ1n) is 5.66. The number of hydrogen-bond donors (Lipinski definition) is 2. The van der Waals surface area contributed by atoms with Crippen LogP contribution in [-0.2, 0) is 4.79 Å². The molecule has 1 atom stereocenters. The molecule has 1 saturated heterocycles. The smallest absolute Gasteiger partial charge is 0.387 e. The Kier molecular flexibility index (Phi) is 3.64. The third-order valence-corrected chi connectivity index (χ3v) is 2.79. The minimum Gasteiger partial charge on any atom is -0.434 e. The fourth-order valence-corrected chi connectivity index (χ4v) is 1.85. The van der Waals surface area contributed by atoms with E-state index in [2.05, 4.69) is 15.4 Å². The van der Waals surface area contributed by atoms with E-state index < -0.39 is 6.61 Å². The van der Waals surface area contributed by atoms with Crippen LogP contribution < -0.4 is 15.4 Å². The maximum Gasteiger partial charge on any atom is 0.387 e. The number of carbonyl (C=O) groups excluding carboxylic acids is 1. The molecule has 1 unspecified atom stereocenters. The van der Waals surface area contributed by atoms with Gasteiger partial charge in [0, 0.05) is 18.3 Å². The van der Waals surface area contributed by atoms with Gasteiger partial charge in [-0.05, 0) is 25.0 Å². The van der Waals surface area contributed by atoms with E-state index in [0.29, 0.717) is 24.2 Å². The molecule has 6 heteroatoms. The molecule has 1 aliphatic heterocycles. The van der Waals surface area contributed by atoms with Crippen molar-refractivity contribution < 1.29 is 18.3 Å². The van der Waals surface area contributed by atoms with Gasteiger partial charge in [-0.25, -0.2) is 0 Å². The average Bonchev–Trinajstić information content (AvgIpc) is 2.69. The normalized spacial score (nSPS) is 18.9. The molecule has 4 nitrogen and oxygen atoms in total. The maximum absolute atomic E-state index is 12.2. The van der Waals surface area contributed by atoms with E-state index in [1.807, 2.05) is 0 Å². The largest absolute Gasteiger partial charge is 0.434 e. The van der Waals surface area contributed by atoms with Crippen molar-refractivity contribution in [1.29, 1.82) is 0 Å². The zero-order valence-corrected chi connectivity index (χ0v) is 9.87. The van der Waals surface area contributed by atoms with Crippen molar-refractivity contribution in [2.24, 2.45) is 0 Å². The lowest BCUT2D eigenvalue weighted by atomic mass is 10.1. The quantitative estimate of drug-likeness (QED) is 0.865. The summed E-state index contributed by atoms with van der Waals surface area (Å²) in [5, 5.41) is 5.69. The predicted octanol–water partition coefficient (Wildman–Crippen LogP) is 1.90. The molecular weight excluding hydrogens is 242 g/mol. The number of benzene rings is 1. The lowest BCUT2D eigenvalue weighted by molar-refractivity contribution is -0.119. The number of ether oxygens (including phenoxy) is 1. The van der Waals surface area contributed by atoms with E-state index in [9.17, 15) is 13.6 Å². The Morgan fingerprint density at radius 1 is 1.50 bits per heavy atom. The standard InChI is InChI=1S/C12H14F2N2O2/c1-7-2-3-8(6-10(7)18-12(13)14)16-9-4-5-15-11(9)17/h2-3,6,9,12,16H,4-5H2,1H3,(H,15,17). The van der Waals surface area contributed by atoms with Gasteiger partial charge in [0.15, 0.2) is 0 Å². The Morgan fingerprint density at radius 2 is 2.28 bits per heavy atom. The van der Waals surface area contributed by atoms with Crippen molar-refractivity contribution in [3.63, 3.8) is 0 Å². The number of nitrogens with one attached hydrogen (secondary N) is 2. The third-order valence-electron chi connectivity index (χ3n) is 2.79. The summed E-state index contributed by atoms with van der Waals surface area (Å²) >= 11 is 0. The van der Waals surface area contributed by atoms with Gasteiger partial charge in [-0.1, -0.05) is 6.07 Å². The number of hydrogen-bond acceptors (Lipinski definition) is 3. The van der Waals surface area contributed by atoms with Crippen LogP contribution in [0.25, 0.3) is 0 Å². The zero-order valence-electron chi connectivity index (χ0n) is 9.87. The van der Waals surface area contributed by atoms with Gasteiger partial charge in [-0.2, -0.15) is 8.78 Å². The van der Waals surface area contributed by atoms with Gasteiger partial charge in [-0.15, -0.1) is 0 Å². The van der Waals surface area contributed by atoms with Crippen LogP contribution in [0, 0.1) is 6.92 Å². The van der Waals surface area contributed by atoms with Crippen LogP contribution in [0.2, 0.25) is 0 Å². The number of anilines is 1. The van der Waals surface area contributed by atoms with Gasteiger partial charge < -0.3 is 15.4 Å². The number of halogens is 2. The van der Waals surface area contributed by atoms with Crippen LogP contribution in [0.15, 0.2) is 18.2 Å². The van der Waals surface area contributed by atoms with E-state index >= 15 is 0 Å². The van der Waals surface area contributed by atoms with Crippen LogP contribution in [0.5, 0.6) is 5.75 Å². The summed E-state index contributed by atoms with van der Waals surface area (Å²) in [6.07, 6.45) is 0.678. The van der Waals surface area contributed by atoms with Crippen LogP contribution >= 0.6 is 0 Å². The summed E-state index contributed by atoms with van der Waals surface area (Å²) < 4.78 is 28.8. The fraction of sp³-hybridized carbons (Fsp3) is 0.417. The monoisotopic (exact) mass is 256 g/mol. The molecule has 0 spiro atoms. The first-order chi connectivity index (χ1) is 8.56. The second-order valence-corrected chi connectivity index (χ2v) is 4.14. The molecule has 0 radical (unpaired) electrons. The van der Waals surface area contributed by atoms with Crippen LogP contribution in [0.1, 0.15) is 12.0 Å². The Balaban J connectivity index is 2.11. The Bertz CT molecular complexity index is 452. The summed E-state index contributed by atoms with van der Waals surface area (Å²) in [5.74, 6) is 0.0420. The van der Waals surface area contributed by atoms with Crippen LogP contribution in [0.3, 0.4) is 0 Å². The van der Waals surface area contributed by atoms with E-state index in [4.69, 9.17) is 0 Å². The number of amides is 1. The van der Waals surface area contributed by atoms with Gasteiger partial charge in [0.05, 0.1) is 0 Å². The highest BCUT2D eigenvalue weighted by Crippen LogP contribution is 2.25. The molecule has 1 heterocycles. The first kappa shape index (κ1) is 12.6. The molecule has 1 fully saturated rings. The van der Waals surface area contributed by atoms with Crippen LogP contribution in [-0.4, -0.2) is 25.1 Å². The highest BCUT2D eigenvalue weighted by Gasteiger charge is 2.23. The highest BCUT2D eigenvalue weighted by atomic mass is 19.3. The molecule has 18 heavy (non-hydrogen) atoms. The Morgan fingerprint density at radius 3 is 2.89 bits per heavy atom. The molecule has 0 bridgehead atoms. The Hall–Kier alpha value is -1.85. The van der Waals surface area contributed by atoms with Crippen molar-refractivity contribution in [3.05, 3.63) is 23.8 Å². The van der Waals surface area contributed by atoms with E-state index in [-0.39, 0.29) is 17.7 Å². The Labute approximate surface area is 103 Å². The summed E-state index contributed by atoms with van der Waals surface area (Å²) in [6, 6.07) is 4.58. The van der Waals surface area contributed by atoms with Gasteiger partial charge in [0.25, 0.3) is 0 Å². The van der Waals surface area contributed by atoms with Crippen molar-refractivity contribution in [2.45, 2.75) is 26.0 Å². The lowest BCUT2D eigenvalue weighted by Gasteiger charge is -2.14. The number of aryl methyl sites for hydroxylation is 1. The summed E-state index contributed by atoms with van der Waals surface area (Å²) in [6.45, 7) is -0.541. The molecular formula is C12H14F2N2O2. The molecule has 2 N–H and O–H groups in total. The van der Waals surface area contributed by atoms with Crippen molar-refractivity contribution >= 4 is 11.6 Å². The highest BCUT2D eigenvalue weighted by molar-refractivity contribution is 5.86. The van der Waals surface area contributed by atoms with Gasteiger partial charge in [-0.3, -0.25) is 4.79 Å². The molecule has 2 rings (SSSR count). The number of alkyl halides is 2. The van der Waals surface area contributed by atoms with Crippen molar-refractivity contribution in [2.75, 3.05) is 11.9 Å². The molecule has 98 valence electrons. The molecule has 1 aromatic rings. The van der Waals surface area contributed by atoms with E-state index in [1.54, 1.807) is 19.1 Å². The minimum absolute atomic E-state index is 0.0769. The lowest BCUT2D eigenvalue weighted by Crippen LogP contribution is -2.29. The average molecular weight is 256 g/mol. The molecule has 1 aromatic carbocycles. The molecule has 0 aromatic heterocycles. The van der Waals surface area contributed by atoms with Crippen LogP contribution in [0.4, 0.5) is 14.5 Å². The molecule has 1 amide bonds. The maximum atomic E-state index is 12.2. The second kappa shape index (κ2) is 5.20. The number of carbonyl (C=O) groups is 1. The van der Waals surface area contributed by atoms with E-state index in [0.717, 1.165) is 0 Å². The summed E-state index contributed by atoms with van der Waals surface area (Å²) in [4.78, 5) is 11.4. The third kappa shape index (κ3) is 2.88. The summed E-state index contributed by atoms with van der Waals surface area (Å²) in [7, 11) is 0.